The van der Waals surface area contributed by atoms with E-state index in [1.807, 2.05) is 0 Å². The molecule has 23 heavy (non-hydrogen) atoms. The second-order valence-corrected chi connectivity index (χ2v) is 6.19. The van der Waals surface area contributed by atoms with Gasteiger partial charge in [0.2, 0.25) is 10.0 Å². The molecule has 0 aliphatic heterocycles. The number of benzene rings is 2. The van der Waals surface area contributed by atoms with Gasteiger partial charge in [-0.25, -0.2) is 17.9 Å². The summed E-state index contributed by atoms with van der Waals surface area (Å²) >= 11 is 0. The summed E-state index contributed by atoms with van der Waals surface area (Å²) in [4.78, 5) is 11.8. The van der Waals surface area contributed by atoms with Gasteiger partial charge in [-0.2, -0.15) is 0 Å². The molecule has 0 unspecified atom stereocenters. The van der Waals surface area contributed by atoms with Crippen LogP contribution in [0.1, 0.15) is 10.4 Å². The Balaban J connectivity index is 1.86. The summed E-state index contributed by atoms with van der Waals surface area (Å²) in [6, 6.07) is 10.9. The highest BCUT2D eigenvalue weighted by Gasteiger charge is 2.11. The van der Waals surface area contributed by atoms with Crippen molar-refractivity contribution in [2.24, 2.45) is 5.14 Å². The number of rotatable bonds is 6. The number of hydrogen-bond donors (Lipinski definition) is 2. The Bertz CT molecular complexity index is 791. The average molecular weight is 338 g/mol. The van der Waals surface area contributed by atoms with Crippen LogP contribution in [-0.4, -0.2) is 27.5 Å². The molecule has 0 aromatic heterocycles. The lowest BCUT2D eigenvalue weighted by Gasteiger charge is -2.08. The van der Waals surface area contributed by atoms with Crippen LogP contribution in [-0.2, 0) is 10.0 Å². The van der Waals surface area contributed by atoms with Gasteiger partial charge in [0.25, 0.3) is 5.91 Å². The Morgan fingerprint density at radius 2 is 1.87 bits per heavy atom. The van der Waals surface area contributed by atoms with Crippen molar-refractivity contribution in [3.05, 3.63) is 59.9 Å². The van der Waals surface area contributed by atoms with Crippen molar-refractivity contribution in [3.8, 4) is 5.75 Å². The van der Waals surface area contributed by atoms with Gasteiger partial charge in [-0.1, -0.05) is 6.07 Å². The molecular formula is C15H15FN2O4S. The Morgan fingerprint density at radius 1 is 1.17 bits per heavy atom. The van der Waals surface area contributed by atoms with Gasteiger partial charge >= 0.3 is 0 Å². The summed E-state index contributed by atoms with van der Waals surface area (Å²) in [5, 5.41) is 7.60. The minimum atomic E-state index is -3.86. The largest absolute Gasteiger partial charge is 0.492 e. The molecule has 0 atom stereocenters. The van der Waals surface area contributed by atoms with Crippen molar-refractivity contribution in [1.29, 1.82) is 0 Å². The maximum absolute atomic E-state index is 12.7. The molecule has 0 saturated carbocycles. The van der Waals surface area contributed by atoms with Crippen LogP contribution in [0.15, 0.2) is 53.4 Å². The van der Waals surface area contributed by atoms with Crippen LogP contribution in [0.25, 0.3) is 0 Å². The van der Waals surface area contributed by atoms with Crippen molar-refractivity contribution < 1.29 is 22.3 Å². The minimum Gasteiger partial charge on any atom is -0.492 e. The van der Waals surface area contributed by atoms with Gasteiger partial charge in [-0.3, -0.25) is 4.79 Å². The fourth-order valence-corrected chi connectivity index (χ4v) is 2.34. The normalized spacial score (nSPS) is 11.0. The number of nitrogens with two attached hydrogens (primary N) is 1. The smallest absolute Gasteiger partial charge is 0.251 e. The number of halogens is 1. The van der Waals surface area contributed by atoms with E-state index >= 15 is 0 Å². The zero-order valence-corrected chi connectivity index (χ0v) is 12.8. The number of carbonyl (C=O) groups excluding carboxylic acids is 1. The van der Waals surface area contributed by atoms with E-state index in [-0.39, 0.29) is 29.4 Å². The third-order valence-electron chi connectivity index (χ3n) is 2.89. The summed E-state index contributed by atoms with van der Waals surface area (Å²) in [6.07, 6.45) is 0. The van der Waals surface area contributed by atoms with Gasteiger partial charge in [0.1, 0.15) is 18.2 Å². The predicted octanol–water partition coefficient (Wildman–Crippen LogP) is 1.28. The minimum absolute atomic E-state index is 0.132. The molecular weight excluding hydrogens is 323 g/mol. The quantitative estimate of drug-likeness (QED) is 0.775. The van der Waals surface area contributed by atoms with Crippen molar-refractivity contribution in [1.82, 2.24) is 5.32 Å². The molecule has 0 bridgehead atoms. The molecule has 0 aliphatic carbocycles. The third-order valence-corrected chi connectivity index (χ3v) is 3.81. The highest BCUT2D eigenvalue weighted by atomic mass is 32.2. The summed E-state index contributed by atoms with van der Waals surface area (Å²) in [5.41, 5.74) is 0.179. The average Bonchev–Trinajstić information content (AvgIpc) is 2.52. The van der Waals surface area contributed by atoms with Crippen LogP contribution < -0.4 is 15.2 Å². The van der Waals surface area contributed by atoms with Crippen LogP contribution in [0, 0.1) is 5.82 Å². The Kier molecular flexibility index (Phi) is 5.30. The number of sulfonamides is 1. The fourth-order valence-electron chi connectivity index (χ4n) is 1.78. The molecule has 2 rings (SSSR count). The lowest BCUT2D eigenvalue weighted by atomic mass is 10.2. The molecule has 2 aromatic rings. The third kappa shape index (κ3) is 5.04. The molecule has 0 heterocycles. The lowest BCUT2D eigenvalue weighted by molar-refractivity contribution is 0.0947. The van der Waals surface area contributed by atoms with Gasteiger partial charge in [0.05, 0.1) is 11.4 Å². The van der Waals surface area contributed by atoms with Gasteiger partial charge in [0, 0.05) is 5.56 Å². The van der Waals surface area contributed by atoms with Crippen LogP contribution in [0.4, 0.5) is 4.39 Å². The van der Waals surface area contributed by atoms with Crippen LogP contribution in [0.2, 0.25) is 0 Å². The van der Waals surface area contributed by atoms with E-state index in [2.05, 4.69) is 5.32 Å². The van der Waals surface area contributed by atoms with E-state index in [1.165, 1.54) is 48.5 Å². The van der Waals surface area contributed by atoms with E-state index < -0.39 is 15.9 Å². The fraction of sp³-hybridized carbons (Fsp3) is 0.133. The summed E-state index contributed by atoms with van der Waals surface area (Å²) in [5.74, 6) is -0.324. The maximum atomic E-state index is 12.7. The van der Waals surface area contributed by atoms with Crippen molar-refractivity contribution in [2.75, 3.05) is 13.2 Å². The summed E-state index contributed by atoms with van der Waals surface area (Å²) < 4.78 is 40.5. The molecule has 0 aliphatic rings. The van der Waals surface area contributed by atoms with E-state index in [9.17, 15) is 17.6 Å². The zero-order chi connectivity index (χ0) is 16.9. The lowest BCUT2D eigenvalue weighted by Crippen LogP contribution is -2.28. The molecule has 0 saturated heterocycles. The molecule has 2 aromatic carbocycles. The molecule has 0 radical (unpaired) electrons. The molecule has 0 spiro atoms. The van der Waals surface area contributed by atoms with E-state index in [4.69, 9.17) is 9.88 Å². The van der Waals surface area contributed by atoms with Crippen LogP contribution >= 0.6 is 0 Å². The molecule has 0 fully saturated rings. The second kappa shape index (κ2) is 7.21. The standard InChI is InChI=1S/C15H15FN2O4S/c16-12-4-6-13(7-5-12)22-9-8-18-15(19)11-2-1-3-14(10-11)23(17,20)21/h1-7,10H,8-9H2,(H,18,19)(H2,17,20,21). The molecule has 1 amide bonds. The van der Waals surface area contributed by atoms with Crippen molar-refractivity contribution >= 4 is 15.9 Å². The van der Waals surface area contributed by atoms with Gasteiger partial charge in [-0.15, -0.1) is 0 Å². The first-order valence-corrected chi connectivity index (χ1v) is 8.20. The SMILES string of the molecule is NS(=O)(=O)c1cccc(C(=O)NCCOc2ccc(F)cc2)c1. The predicted molar refractivity (Wildman–Crippen MR) is 82.0 cm³/mol. The Hall–Kier alpha value is -2.45. The zero-order valence-electron chi connectivity index (χ0n) is 12.0. The van der Waals surface area contributed by atoms with Crippen LogP contribution in [0.5, 0.6) is 5.75 Å². The van der Waals surface area contributed by atoms with E-state index in [0.29, 0.717) is 5.75 Å². The van der Waals surface area contributed by atoms with E-state index in [0.717, 1.165) is 0 Å². The number of ether oxygens (including phenoxy) is 1. The van der Waals surface area contributed by atoms with E-state index in [1.54, 1.807) is 0 Å². The molecule has 6 nitrogen and oxygen atoms in total. The Morgan fingerprint density at radius 3 is 2.52 bits per heavy atom. The number of nitrogens with one attached hydrogen (secondary N) is 1. The number of carbonyl (C=O) groups is 1. The first kappa shape index (κ1) is 16.9. The topological polar surface area (TPSA) is 98.5 Å². The first-order valence-electron chi connectivity index (χ1n) is 6.66. The highest BCUT2D eigenvalue weighted by Crippen LogP contribution is 2.11. The molecule has 8 heteroatoms. The second-order valence-electron chi connectivity index (χ2n) is 4.63. The molecule has 122 valence electrons. The summed E-state index contributed by atoms with van der Waals surface area (Å²) in [7, 11) is -3.86. The monoisotopic (exact) mass is 338 g/mol. The summed E-state index contributed by atoms with van der Waals surface area (Å²) in [6.45, 7) is 0.391. The molecule has 3 N–H and O–H groups in total. The Labute approximate surface area is 133 Å². The van der Waals surface area contributed by atoms with Gasteiger partial charge in [-0.05, 0) is 42.5 Å². The van der Waals surface area contributed by atoms with Crippen molar-refractivity contribution in [3.63, 3.8) is 0 Å². The maximum Gasteiger partial charge on any atom is 0.251 e. The number of primary sulfonamides is 1. The van der Waals surface area contributed by atoms with Gasteiger partial charge < -0.3 is 10.1 Å². The highest BCUT2D eigenvalue weighted by molar-refractivity contribution is 7.89. The first-order chi connectivity index (χ1) is 10.9. The van der Waals surface area contributed by atoms with Crippen molar-refractivity contribution in [2.45, 2.75) is 4.90 Å². The van der Waals surface area contributed by atoms with Gasteiger partial charge in [0.15, 0.2) is 0 Å². The number of amides is 1. The number of hydrogen-bond acceptors (Lipinski definition) is 4. The van der Waals surface area contributed by atoms with Crippen LogP contribution in [0.3, 0.4) is 0 Å².